The number of amides is 5. The minimum atomic E-state index is -0.762. The van der Waals surface area contributed by atoms with Crippen molar-refractivity contribution in [2.75, 3.05) is 33.3 Å². The van der Waals surface area contributed by atoms with Crippen molar-refractivity contribution < 1.29 is 29.0 Å². The number of urea groups is 1. The standard InChI is InChI=1S/C20H26N4O6/c1-30-16-4-2-3-13(7-16)5-6-18(27)23-10-14(8-15(25)11-23)22-17(26)12-24-19(28)9-21-20(24)29/h2-4,7,14-15,25H,5-6,8-12H2,1H3,(H,21,29)(H,22,26)/t14-,15+/m0/s1. The van der Waals surface area contributed by atoms with Crippen molar-refractivity contribution in [3.8, 4) is 5.75 Å². The maximum atomic E-state index is 12.6. The van der Waals surface area contributed by atoms with E-state index in [4.69, 9.17) is 4.74 Å². The average molecular weight is 418 g/mol. The van der Waals surface area contributed by atoms with Crippen LogP contribution in [0.3, 0.4) is 0 Å². The van der Waals surface area contributed by atoms with E-state index in [1.165, 1.54) is 4.90 Å². The van der Waals surface area contributed by atoms with E-state index in [1.54, 1.807) is 7.11 Å². The van der Waals surface area contributed by atoms with Gasteiger partial charge in [-0.15, -0.1) is 0 Å². The van der Waals surface area contributed by atoms with Crippen LogP contribution in [0.4, 0.5) is 4.79 Å². The molecule has 0 aromatic heterocycles. The van der Waals surface area contributed by atoms with E-state index in [-0.39, 0.29) is 38.5 Å². The summed E-state index contributed by atoms with van der Waals surface area (Å²) in [5.41, 5.74) is 0.971. The molecular weight excluding hydrogens is 392 g/mol. The van der Waals surface area contributed by atoms with Gasteiger partial charge in [0.15, 0.2) is 0 Å². The first-order valence-electron chi connectivity index (χ1n) is 9.82. The molecule has 0 unspecified atom stereocenters. The monoisotopic (exact) mass is 418 g/mol. The van der Waals surface area contributed by atoms with E-state index in [2.05, 4.69) is 10.6 Å². The number of aliphatic hydroxyl groups excluding tert-OH is 1. The minimum absolute atomic E-state index is 0.120. The van der Waals surface area contributed by atoms with Gasteiger partial charge in [0.1, 0.15) is 12.3 Å². The predicted octanol–water partition coefficient (Wildman–Crippen LogP) is -0.742. The Bertz CT molecular complexity index is 813. The van der Waals surface area contributed by atoms with Crippen LogP contribution >= 0.6 is 0 Å². The van der Waals surface area contributed by atoms with Gasteiger partial charge in [0.05, 0.1) is 19.8 Å². The fourth-order valence-electron chi connectivity index (χ4n) is 3.65. The lowest BCUT2D eigenvalue weighted by Crippen LogP contribution is -2.55. The Morgan fingerprint density at radius 1 is 1.30 bits per heavy atom. The lowest BCUT2D eigenvalue weighted by atomic mass is 10.0. The molecule has 1 aromatic rings. The molecule has 10 nitrogen and oxygen atoms in total. The van der Waals surface area contributed by atoms with E-state index in [9.17, 15) is 24.3 Å². The molecule has 2 aliphatic heterocycles. The molecular formula is C20H26N4O6. The second kappa shape index (κ2) is 9.57. The summed E-state index contributed by atoms with van der Waals surface area (Å²) >= 11 is 0. The van der Waals surface area contributed by atoms with Crippen molar-refractivity contribution in [3.63, 3.8) is 0 Å². The van der Waals surface area contributed by atoms with Crippen LogP contribution in [-0.2, 0) is 20.8 Å². The molecule has 2 heterocycles. The van der Waals surface area contributed by atoms with Gasteiger partial charge in [-0.05, 0) is 30.5 Å². The molecule has 3 rings (SSSR count). The van der Waals surface area contributed by atoms with Gasteiger partial charge in [-0.3, -0.25) is 19.3 Å². The fourth-order valence-corrected chi connectivity index (χ4v) is 3.65. The SMILES string of the molecule is COc1cccc(CCC(=O)N2C[C@H](O)C[C@H](NC(=O)CN3C(=O)CNC3=O)C2)c1. The first-order valence-corrected chi connectivity index (χ1v) is 9.82. The van der Waals surface area contributed by atoms with Crippen LogP contribution in [0.2, 0.25) is 0 Å². The van der Waals surface area contributed by atoms with Gasteiger partial charge >= 0.3 is 6.03 Å². The molecule has 0 bridgehead atoms. The summed E-state index contributed by atoms with van der Waals surface area (Å²) in [6.07, 6.45) is 0.335. The second-order valence-electron chi connectivity index (χ2n) is 7.44. The highest BCUT2D eigenvalue weighted by atomic mass is 16.5. The number of benzene rings is 1. The maximum Gasteiger partial charge on any atom is 0.325 e. The third-order valence-electron chi connectivity index (χ3n) is 5.15. The summed E-state index contributed by atoms with van der Waals surface area (Å²) in [5, 5.41) is 15.2. The summed E-state index contributed by atoms with van der Waals surface area (Å²) in [5.74, 6) is -0.373. The number of likely N-dealkylation sites (tertiary alicyclic amines) is 1. The lowest BCUT2D eigenvalue weighted by molar-refractivity contribution is -0.136. The number of hydrogen-bond acceptors (Lipinski definition) is 6. The number of ether oxygens (including phenoxy) is 1. The van der Waals surface area contributed by atoms with Gasteiger partial charge < -0.3 is 25.4 Å². The number of nitrogens with one attached hydrogen (secondary N) is 2. The number of hydrogen-bond donors (Lipinski definition) is 3. The number of imide groups is 1. The molecule has 10 heteroatoms. The molecule has 5 amide bonds. The van der Waals surface area contributed by atoms with Crippen molar-refractivity contribution in [1.82, 2.24) is 20.4 Å². The van der Waals surface area contributed by atoms with Crippen molar-refractivity contribution >= 4 is 23.8 Å². The maximum absolute atomic E-state index is 12.6. The van der Waals surface area contributed by atoms with Crippen molar-refractivity contribution in [3.05, 3.63) is 29.8 Å². The number of methoxy groups -OCH3 is 1. The van der Waals surface area contributed by atoms with Crippen LogP contribution in [0, 0.1) is 0 Å². The van der Waals surface area contributed by atoms with Crippen LogP contribution < -0.4 is 15.4 Å². The summed E-state index contributed by atoms with van der Waals surface area (Å²) in [4.78, 5) is 50.4. The topological polar surface area (TPSA) is 128 Å². The molecule has 2 atom stereocenters. The molecule has 3 N–H and O–H groups in total. The van der Waals surface area contributed by atoms with Crippen LogP contribution in [-0.4, -0.2) is 84.1 Å². The highest BCUT2D eigenvalue weighted by Crippen LogP contribution is 2.16. The molecule has 30 heavy (non-hydrogen) atoms. The Morgan fingerprint density at radius 3 is 2.80 bits per heavy atom. The average Bonchev–Trinajstić information content (AvgIpc) is 3.03. The number of aliphatic hydroxyl groups is 1. The van der Waals surface area contributed by atoms with Gasteiger partial charge in [-0.1, -0.05) is 12.1 Å². The van der Waals surface area contributed by atoms with Crippen LogP contribution in [0.25, 0.3) is 0 Å². The quantitative estimate of drug-likeness (QED) is 0.500. The number of piperidine rings is 1. The first kappa shape index (κ1) is 21.6. The van der Waals surface area contributed by atoms with Crippen LogP contribution in [0.5, 0.6) is 5.75 Å². The summed E-state index contributed by atoms with van der Waals surface area (Å²) in [6, 6.07) is 6.42. The molecule has 0 spiro atoms. The number of nitrogens with zero attached hydrogens (tertiary/aromatic N) is 2. The zero-order valence-corrected chi connectivity index (χ0v) is 16.8. The third kappa shape index (κ3) is 5.47. The van der Waals surface area contributed by atoms with E-state index in [0.29, 0.717) is 12.8 Å². The highest BCUT2D eigenvalue weighted by Gasteiger charge is 2.33. The Kier molecular flexibility index (Phi) is 6.88. The second-order valence-corrected chi connectivity index (χ2v) is 7.44. The molecule has 2 saturated heterocycles. The Labute approximate surface area is 174 Å². The zero-order valence-electron chi connectivity index (χ0n) is 16.8. The molecule has 0 aliphatic carbocycles. The van der Waals surface area contributed by atoms with Crippen molar-refractivity contribution in [2.45, 2.75) is 31.4 Å². The van der Waals surface area contributed by atoms with E-state index < -0.39 is 30.0 Å². The predicted molar refractivity (Wildman–Crippen MR) is 106 cm³/mol. The number of carbonyl (C=O) groups is 4. The molecule has 2 aliphatic rings. The molecule has 0 radical (unpaired) electrons. The number of rotatable bonds is 7. The molecule has 162 valence electrons. The van der Waals surface area contributed by atoms with Crippen LogP contribution in [0.15, 0.2) is 24.3 Å². The zero-order chi connectivity index (χ0) is 21.7. The number of aryl methyl sites for hydroxylation is 1. The largest absolute Gasteiger partial charge is 0.497 e. The summed E-state index contributed by atoms with van der Waals surface area (Å²) in [6.45, 7) is -0.0406. The van der Waals surface area contributed by atoms with Gasteiger partial charge in [0.25, 0.3) is 5.91 Å². The Hall–Kier alpha value is -3.14. The Balaban J connectivity index is 1.51. The summed E-state index contributed by atoms with van der Waals surface area (Å²) in [7, 11) is 1.58. The van der Waals surface area contributed by atoms with Crippen molar-refractivity contribution in [1.29, 1.82) is 0 Å². The molecule has 1 aromatic carbocycles. The highest BCUT2D eigenvalue weighted by molar-refractivity contribution is 6.04. The smallest absolute Gasteiger partial charge is 0.325 e. The van der Waals surface area contributed by atoms with Gasteiger partial charge in [-0.2, -0.15) is 0 Å². The minimum Gasteiger partial charge on any atom is -0.497 e. The summed E-state index contributed by atoms with van der Waals surface area (Å²) < 4.78 is 5.19. The normalized spacial score (nSPS) is 21.4. The van der Waals surface area contributed by atoms with Crippen molar-refractivity contribution in [2.24, 2.45) is 0 Å². The van der Waals surface area contributed by atoms with E-state index >= 15 is 0 Å². The number of carbonyl (C=O) groups excluding carboxylic acids is 4. The van der Waals surface area contributed by atoms with Gasteiger partial charge in [0, 0.05) is 25.6 Å². The van der Waals surface area contributed by atoms with E-state index in [0.717, 1.165) is 16.2 Å². The first-order chi connectivity index (χ1) is 14.4. The molecule has 2 fully saturated rings. The molecule has 0 saturated carbocycles. The Morgan fingerprint density at radius 2 is 2.10 bits per heavy atom. The lowest BCUT2D eigenvalue weighted by Gasteiger charge is -2.36. The number of β-amino-alcohol motifs (C(OH)–C–C–N with tert-alkyl or cyclic N) is 1. The van der Waals surface area contributed by atoms with E-state index in [1.807, 2.05) is 24.3 Å². The fraction of sp³-hybridized carbons (Fsp3) is 0.500. The third-order valence-corrected chi connectivity index (χ3v) is 5.15. The van der Waals surface area contributed by atoms with Gasteiger partial charge in [-0.25, -0.2) is 4.79 Å². The van der Waals surface area contributed by atoms with Gasteiger partial charge in [0.2, 0.25) is 11.8 Å². The van der Waals surface area contributed by atoms with Crippen LogP contribution in [0.1, 0.15) is 18.4 Å².